The summed E-state index contributed by atoms with van der Waals surface area (Å²) >= 11 is 0. The van der Waals surface area contributed by atoms with Crippen molar-refractivity contribution in [3.8, 4) is 0 Å². The van der Waals surface area contributed by atoms with Crippen molar-refractivity contribution in [2.45, 2.75) is 6.42 Å². The van der Waals surface area contributed by atoms with Crippen LogP contribution in [0.2, 0.25) is 0 Å². The number of hydrogen-bond acceptors (Lipinski definition) is 5. The number of imide groups is 1. The maximum Gasteiger partial charge on any atom is 0.236 e. The number of rotatable bonds is 6. The van der Waals surface area contributed by atoms with Crippen molar-refractivity contribution >= 4 is 27.9 Å². The van der Waals surface area contributed by atoms with Gasteiger partial charge in [0.2, 0.25) is 21.8 Å². The number of allylic oxidation sites excluding steroid dienone is 2. The van der Waals surface area contributed by atoms with E-state index in [4.69, 9.17) is 0 Å². The van der Waals surface area contributed by atoms with Gasteiger partial charge >= 0.3 is 0 Å². The van der Waals surface area contributed by atoms with E-state index < -0.39 is 10.0 Å². The van der Waals surface area contributed by atoms with Crippen LogP contribution < -0.4 is 0 Å². The van der Waals surface area contributed by atoms with Crippen LogP contribution in [-0.4, -0.2) is 73.6 Å². The SMILES string of the molecule is O=C1[C@H]2[C@H](C(=O)N1CCN1CCN(S(=O)(=O)/C=C/c3ccccc3)CC1)[C@H]1C=C[C@H]2C1. The van der Waals surface area contributed by atoms with Gasteiger partial charge in [0.15, 0.2) is 0 Å². The number of sulfonamides is 1. The molecule has 2 saturated heterocycles. The van der Waals surface area contributed by atoms with Crippen molar-refractivity contribution in [3.63, 3.8) is 0 Å². The van der Waals surface area contributed by atoms with Crippen molar-refractivity contribution in [1.29, 1.82) is 0 Å². The van der Waals surface area contributed by atoms with E-state index in [9.17, 15) is 18.0 Å². The second-order valence-corrected chi connectivity index (χ2v) is 10.6. The molecule has 3 fully saturated rings. The zero-order valence-corrected chi connectivity index (χ0v) is 18.2. The number of likely N-dealkylation sites (tertiary alicyclic amines) is 1. The lowest BCUT2D eigenvalue weighted by Gasteiger charge is -2.34. The smallest absolute Gasteiger partial charge is 0.236 e. The summed E-state index contributed by atoms with van der Waals surface area (Å²) in [6.45, 7) is 2.98. The van der Waals surface area contributed by atoms with Gasteiger partial charge in [0.1, 0.15) is 0 Å². The van der Waals surface area contributed by atoms with Crippen LogP contribution in [-0.2, 0) is 19.6 Å². The number of carbonyl (C=O) groups is 2. The molecule has 2 aliphatic carbocycles. The number of fused-ring (bicyclic) bond motifs is 5. The molecule has 0 spiro atoms. The average Bonchev–Trinajstić information content (AvgIpc) is 3.46. The molecule has 2 amide bonds. The lowest BCUT2D eigenvalue weighted by molar-refractivity contribution is -0.140. The molecule has 31 heavy (non-hydrogen) atoms. The highest BCUT2D eigenvalue weighted by molar-refractivity contribution is 7.92. The standard InChI is InChI=1S/C23H27N3O4S/c27-22-20-18-6-7-19(16-18)21(20)23(28)26(22)14-11-24-9-12-25(13-10-24)31(29,30)15-8-17-4-2-1-3-5-17/h1-8,15,18-21H,9-14,16H2/b15-8+/t18-,19-,20+,21+/m0/s1. The van der Waals surface area contributed by atoms with Gasteiger partial charge in [0.05, 0.1) is 11.8 Å². The van der Waals surface area contributed by atoms with Gasteiger partial charge in [-0.2, -0.15) is 4.31 Å². The highest BCUT2D eigenvalue weighted by Gasteiger charge is 2.59. The van der Waals surface area contributed by atoms with Crippen LogP contribution in [0.1, 0.15) is 12.0 Å². The van der Waals surface area contributed by atoms with Crippen LogP contribution in [0.25, 0.3) is 6.08 Å². The van der Waals surface area contributed by atoms with Crippen LogP contribution in [0.15, 0.2) is 47.9 Å². The quantitative estimate of drug-likeness (QED) is 0.493. The Labute approximate surface area is 183 Å². The van der Waals surface area contributed by atoms with E-state index in [2.05, 4.69) is 17.1 Å². The minimum Gasteiger partial charge on any atom is -0.299 e. The summed E-state index contributed by atoms with van der Waals surface area (Å²) in [7, 11) is -3.47. The maximum absolute atomic E-state index is 12.8. The second kappa shape index (κ2) is 8.00. The number of nitrogens with zero attached hydrogens (tertiary/aromatic N) is 3. The molecule has 8 heteroatoms. The molecule has 0 aromatic heterocycles. The fourth-order valence-corrected chi connectivity index (χ4v) is 6.62. The van der Waals surface area contributed by atoms with Crippen molar-refractivity contribution in [3.05, 3.63) is 53.5 Å². The Morgan fingerprint density at radius 1 is 0.871 bits per heavy atom. The summed E-state index contributed by atoms with van der Waals surface area (Å²) in [6, 6.07) is 9.35. The zero-order chi connectivity index (χ0) is 21.6. The molecular formula is C23H27N3O4S. The highest BCUT2D eigenvalue weighted by Crippen LogP contribution is 2.52. The molecule has 2 bridgehead atoms. The van der Waals surface area contributed by atoms with Gasteiger partial charge in [-0.25, -0.2) is 8.42 Å². The second-order valence-electron chi connectivity index (χ2n) is 8.83. The van der Waals surface area contributed by atoms with Crippen LogP contribution in [0.3, 0.4) is 0 Å². The monoisotopic (exact) mass is 441 g/mol. The third-order valence-corrected chi connectivity index (χ3v) is 8.69. The summed E-state index contributed by atoms with van der Waals surface area (Å²) in [5.41, 5.74) is 0.845. The first-order chi connectivity index (χ1) is 14.9. The Balaban J connectivity index is 1.13. The van der Waals surface area contributed by atoms with E-state index in [0.717, 1.165) is 12.0 Å². The van der Waals surface area contributed by atoms with Gasteiger partial charge in [-0.05, 0) is 29.9 Å². The normalized spacial score (nSPS) is 31.3. The van der Waals surface area contributed by atoms with E-state index in [0.29, 0.717) is 39.3 Å². The van der Waals surface area contributed by atoms with Gasteiger partial charge in [-0.3, -0.25) is 19.4 Å². The Bertz CT molecular complexity index is 998. The number of piperazine rings is 1. The first-order valence-electron chi connectivity index (χ1n) is 10.9. The molecule has 2 aliphatic heterocycles. The molecule has 7 nitrogen and oxygen atoms in total. The summed E-state index contributed by atoms with van der Waals surface area (Å²) in [6.07, 6.45) is 6.76. The van der Waals surface area contributed by atoms with Crippen molar-refractivity contribution in [2.24, 2.45) is 23.7 Å². The van der Waals surface area contributed by atoms with Gasteiger partial charge in [-0.1, -0.05) is 42.5 Å². The predicted molar refractivity (Wildman–Crippen MR) is 117 cm³/mol. The first kappa shape index (κ1) is 20.6. The van der Waals surface area contributed by atoms with Crippen LogP contribution in [0, 0.1) is 23.7 Å². The zero-order valence-electron chi connectivity index (χ0n) is 17.3. The summed E-state index contributed by atoms with van der Waals surface area (Å²) in [5.74, 6) is 0.128. The molecule has 0 unspecified atom stereocenters. The molecule has 164 valence electrons. The van der Waals surface area contributed by atoms with E-state index in [1.165, 1.54) is 14.6 Å². The van der Waals surface area contributed by atoms with Crippen molar-refractivity contribution < 1.29 is 18.0 Å². The highest BCUT2D eigenvalue weighted by atomic mass is 32.2. The summed E-state index contributed by atoms with van der Waals surface area (Å²) < 4.78 is 26.7. The minimum atomic E-state index is -3.47. The molecule has 1 aromatic carbocycles. The fraction of sp³-hybridized carbons (Fsp3) is 0.478. The van der Waals surface area contributed by atoms with Gasteiger partial charge in [0.25, 0.3) is 0 Å². The van der Waals surface area contributed by atoms with Crippen LogP contribution in [0.5, 0.6) is 0 Å². The largest absolute Gasteiger partial charge is 0.299 e. The molecule has 5 rings (SSSR count). The van der Waals surface area contributed by atoms with Gasteiger partial charge in [-0.15, -0.1) is 0 Å². The fourth-order valence-electron chi connectivity index (χ4n) is 5.45. The topological polar surface area (TPSA) is 78.0 Å². The van der Waals surface area contributed by atoms with Gasteiger partial charge in [0, 0.05) is 44.7 Å². The average molecular weight is 442 g/mol. The third-order valence-electron chi connectivity index (χ3n) is 7.12. The Morgan fingerprint density at radius 3 is 2.10 bits per heavy atom. The van der Waals surface area contributed by atoms with E-state index in [1.54, 1.807) is 6.08 Å². The van der Waals surface area contributed by atoms with Crippen LogP contribution >= 0.6 is 0 Å². The van der Waals surface area contributed by atoms with E-state index in [1.807, 2.05) is 30.3 Å². The minimum absolute atomic E-state index is 0.0147. The van der Waals surface area contributed by atoms with E-state index >= 15 is 0 Å². The lowest BCUT2D eigenvalue weighted by Crippen LogP contribution is -2.50. The van der Waals surface area contributed by atoms with Crippen molar-refractivity contribution in [2.75, 3.05) is 39.3 Å². The van der Waals surface area contributed by atoms with Crippen LogP contribution in [0.4, 0.5) is 0 Å². The number of hydrogen-bond donors (Lipinski definition) is 0. The summed E-state index contributed by atoms with van der Waals surface area (Å²) in [4.78, 5) is 29.2. The molecule has 0 radical (unpaired) electrons. The molecule has 2 heterocycles. The third kappa shape index (κ3) is 3.77. The Hall–Kier alpha value is -2.29. The molecule has 4 aliphatic rings. The molecule has 1 saturated carbocycles. The van der Waals surface area contributed by atoms with Crippen molar-refractivity contribution in [1.82, 2.24) is 14.1 Å². The summed E-state index contributed by atoms with van der Waals surface area (Å²) in [5, 5.41) is 1.26. The molecule has 4 atom stereocenters. The maximum atomic E-state index is 12.8. The number of amides is 2. The number of benzene rings is 1. The predicted octanol–water partition coefficient (Wildman–Crippen LogP) is 1.41. The Kier molecular flexibility index (Phi) is 5.32. The first-order valence-corrected chi connectivity index (χ1v) is 12.4. The van der Waals surface area contributed by atoms with Gasteiger partial charge < -0.3 is 0 Å². The lowest BCUT2D eigenvalue weighted by atomic mass is 9.85. The molecule has 0 N–H and O–H groups in total. The molecular weight excluding hydrogens is 414 g/mol. The number of carbonyl (C=O) groups excluding carboxylic acids is 2. The van der Waals surface area contributed by atoms with E-state index in [-0.39, 0.29) is 35.5 Å². The Morgan fingerprint density at radius 2 is 1.48 bits per heavy atom. The molecule has 1 aromatic rings.